The van der Waals surface area contributed by atoms with Crippen LogP contribution in [-0.2, 0) is 4.57 Å². The number of rotatable bonds is 1. The zero-order chi connectivity index (χ0) is 5.21. The normalized spacial score (nSPS) is 12.0. The van der Waals surface area contributed by atoms with Crippen LogP contribution in [0.4, 0.5) is 0 Å². The summed E-state index contributed by atoms with van der Waals surface area (Å²) < 4.78 is 9.87. The van der Waals surface area contributed by atoms with E-state index in [2.05, 4.69) is 0 Å². The zero-order valence-corrected chi connectivity index (χ0v) is 7.47. The molecule has 5 heteroatoms. The molecule has 0 spiro atoms. The summed E-state index contributed by atoms with van der Waals surface area (Å²) in [5, 5.41) is 0. The number of hydrogen-bond donors (Lipinski definition) is 2. The summed E-state index contributed by atoms with van der Waals surface area (Å²) in [7, 11) is -3.56. The second kappa shape index (κ2) is 2.94. The molecule has 0 heterocycles. The van der Waals surface area contributed by atoms with Crippen molar-refractivity contribution in [2.24, 2.45) is 0 Å². The summed E-state index contributed by atoms with van der Waals surface area (Å²) in [6.07, 6.45) is 0. The second-order valence-electron chi connectivity index (χ2n) is 0.981. The topological polar surface area (TPSA) is 57.5 Å². The summed E-state index contributed by atoms with van der Waals surface area (Å²) >= 11 is 0.284. The Morgan fingerprint density at radius 3 is 1.83 bits per heavy atom. The van der Waals surface area contributed by atoms with Crippen molar-refractivity contribution in [3.8, 4) is 0 Å². The van der Waals surface area contributed by atoms with E-state index in [1.165, 1.54) is 0 Å². The fourth-order valence-electron chi connectivity index (χ4n) is 0. The fourth-order valence-corrected chi connectivity index (χ4v) is 0. The van der Waals surface area contributed by atoms with E-state index >= 15 is 0 Å². The van der Waals surface area contributed by atoms with Crippen molar-refractivity contribution in [1.82, 2.24) is 0 Å². The molecular weight excluding hydrogens is 130 g/mol. The van der Waals surface area contributed by atoms with E-state index in [9.17, 15) is 4.57 Å². The van der Waals surface area contributed by atoms with Crippen LogP contribution in [0.5, 0.6) is 0 Å². The van der Waals surface area contributed by atoms with Gasteiger partial charge in [-0.2, -0.15) is 0 Å². The average Bonchev–Trinajstić information content (AvgIpc) is 1.35. The van der Waals surface area contributed by atoms with Crippen LogP contribution in [0.15, 0.2) is 0 Å². The molecule has 0 aromatic heterocycles. The van der Waals surface area contributed by atoms with Crippen LogP contribution in [0, 0.1) is 0 Å². The Hall–Kier alpha value is 1.79. The van der Waals surface area contributed by atoms with E-state index < -0.39 is 7.60 Å². The van der Waals surface area contributed by atoms with Crippen molar-refractivity contribution < 1.29 is 14.4 Å². The first-order valence-corrected chi connectivity index (χ1v) is 5.61. The van der Waals surface area contributed by atoms with E-state index in [1.54, 1.807) is 0 Å². The fraction of sp³-hybridized carbons (Fsp3) is 1.00. The SMILES string of the molecule is O=P(O)(O)[CH2][K]. The van der Waals surface area contributed by atoms with Crippen molar-refractivity contribution in [3.05, 3.63) is 0 Å². The Morgan fingerprint density at radius 2 is 1.83 bits per heavy atom. The second-order valence-corrected chi connectivity index (χ2v) is 5.91. The van der Waals surface area contributed by atoms with Crippen LogP contribution in [0.25, 0.3) is 0 Å². The van der Waals surface area contributed by atoms with Crippen molar-refractivity contribution in [3.63, 3.8) is 0 Å². The van der Waals surface area contributed by atoms with E-state index in [0.717, 1.165) is 0 Å². The standard InChI is InChI=1S/CH4O3P.K/c1-5(2,3)4;/h1H2,(H2,2,3,4);. The molecule has 0 aliphatic carbocycles. The summed E-state index contributed by atoms with van der Waals surface area (Å²) in [6, 6.07) is 0. The van der Waals surface area contributed by atoms with Gasteiger partial charge in [-0.3, -0.25) is 0 Å². The maximum atomic E-state index is 9.74. The molecule has 2 N–H and O–H groups in total. The van der Waals surface area contributed by atoms with Gasteiger partial charge in [-0.25, -0.2) is 0 Å². The quantitative estimate of drug-likeness (QED) is 0.368. The molecule has 3 nitrogen and oxygen atoms in total. The molecule has 0 rings (SSSR count). The minimum atomic E-state index is -3.56. The Morgan fingerprint density at radius 1 is 1.67 bits per heavy atom. The summed E-state index contributed by atoms with van der Waals surface area (Å²) in [6.45, 7) is 0. The first-order valence-electron chi connectivity index (χ1n) is 1.61. The first kappa shape index (κ1) is 7.79. The van der Waals surface area contributed by atoms with Crippen molar-refractivity contribution in [1.29, 1.82) is 0 Å². The van der Waals surface area contributed by atoms with Crippen LogP contribution in [0.3, 0.4) is 0 Å². The third-order valence-corrected chi connectivity index (χ3v) is 5.10. The van der Waals surface area contributed by atoms with Crippen LogP contribution in [0.2, 0.25) is 0 Å². The van der Waals surface area contributed by atoms with Crippen LogP contribution in [-0.4, -0.2) is 59.0 Å². The molecule has 0 amide bonds. The molecule has 0 radical (unpaired) electrons. The molecule has 6 heavy (non-hydrogen) atoms. The Kier molecular flexibility index (Phi) is 3.82. The molecule has 0 aromatic carbocycles. The van der Waals surface area contributed by atoms with Crippen LogP contribution < -0.4 is 0 Å². The predicted octanol–water partition coefficient (Wildman–Crippen LogP) is -0.710. The van der Waals surface area contributed by atoms with Gasteiger partial charge < -0.3 is 0 Å². The van der Waals surface area contributed by atoms with Gasteiger partial charge in [-0.05, 0) is 0 Å². The monoisotopic (exact) mass is 134 g/mol. The Bertz CT molecular complexity index is 74.9. The zero-order valence-electron chi connectivity index (χ0n) is 3.46. The van der Waals surface area contributed by atoms with Gasteiger partial charge in [0.05, 0.1) is 0 Å². The van der Waals surface area contributed by atoms with Gasteiger partial charge in [-0.1, -0.05) is 0 Å². The van der Waals surface area contributed by atoms with E-state index in [0.29, 0.717) is 0 Å². The molecule has 0 aliphatic rings. The molecule has 0 aliphatic heterocycles. The van der Waals surface area contributed by atoms with E-state index in [4.69, 9.17) is 9.79 Å². The molecule has 0 unspecified atom stereocenters. The first-order chi connectivity index (χ1) is 2.56. The summed E-state index contributed by atoms with van der Waals surface area (Å²) in [4.78, 5) is 16.0. The Balaban J connectivity index is 3.48. The van der Waals surface area contributed by atoms with E-state index in [1.807, 2.05) is 0 Å². The molecule has 0 aromatic rings. The van der Waals surface area contributed by atoms with Gasteiger partial charge in [-0.15, -0.1) is 0 Å². The summed E-state index contributed by atoms with van der Waals surface area (Å²) in [5.74, 6) is 0. The van der Waals surface area contributed by atoms with Gasteiger partial charge in [0, 0.05) is 0 Å². The van der Waals surface area contributed by atoms with Crippen LogP contribution >= 0.6 is 7.60 Å². The molecule has 0 saturated carbocycles. The Labute approximate surface area is 69.9 Å². The van der Waals surface area contributed by atoms with Crippen molar-refractivity contribution >= 4 is 56.5 Å². The minimum absolute atomic E-state index is 0.125. The van der Waals surface area contributed by atoms with Gasteiger partial charge >= 0.3 is 71.2 Å². The van der Waals surface area contributed by atoms with Gasteiger partial charge in [0.15, 0.2) is 0 Å². The van der Waals surface area contributed by atoms with Crippen molar-refractivity contribution in [2.75, 3.05) is 0.256 Å². The molecule has 0 fully saturated rings. The predicted molar refractivity (Wildman–Crippen MR) is 22.7 cm³/mol. The molecular formula is CH4KO3P. The number of hydrogen-bond acceptors (Lipinski definition) is 1. The average molecular weight is 134 g/mol. The maximum absolute atomic E-state index is 9.74. The third-order valence-electron chi connectivity index (χ3n) is 0.412. The summed E-state index contributed by atoms with van der Waals surface area (Å²) in [5.41, 5.74) is 0. The molecule has 0 saturated heterocycles. The molecule has 32 valence electrons. The molecule has 0 atom stereocenters. The van der Waals surface area contributed by atoms with Gasteiger partial charge in [0.1, 0.15) is 0 Å². The third kappa shape index (κ3) is 5.79. The molecule has 0 bridgehead atoms. The van der Waals surface area contributed by atoms with Crippen molar-refractivity contribution in [2.45, 2.75) is 0 Å². The van der Waals surface area contributed by atoms with Crippen LogP contribution in [0.1, 0.15) is 0 Å². The van der Waals surface area contributed by atoms with E-state index in [-0.39, 0.29) is 49.2 Å². The van der Waals surface area contributed by atoms with Gasteiger partial charge in [0.25, 0.3) is 0 Å². The van der Waals surface area contributed by atoms with Gasteiger partial charge in [0.2, 0.25) is 0 Å².